The minimum Gasteiger partial charge on any atom is -0.387 e. The fourth-order valence-corrected chi connectivity index (χ4v) is 1.98. The number of benzene rings is 2. The molecule has 0 saturated heterocycles. The van der Waals surface area contributed by atoms with E-state index in [4.69, 9.17) is 0 Å². The number of hydrogen-bond donors (Lipinski definition) is 2. The van der Waals surface area contributed by atoms with Gasteiger partial charge in [-0.15, -0.1) is 0 Å². The van der Waals surface area contributed by atoms with E-state index in [-0.39, 0.29) is 11.9 Å². The quantitative estimate of drug-likeness (QED) is 0.864. The van der Waals surface area contributed by atoms with Crippen LogP contribution in [0.1, 0.15) is 30.2 Å². The first-order valence-corrected chi connectivity index (χ1v) is 6.38. The van der Waals surface area contributed by atoms with Crippen LogP contribution in [0.2, 0.25) is 0 Å². The number of aliphatic hydroxyl groups excluding tert-OH is 1. The average molecular weight is 259 g/mol. The molecule has 19 heavy (non-hydrogen) atoms. The van der Waals surface area contributed by atoms with Gasteiger partial charge in [0, 0.05) is 12.6 Å². The Morgan fingerprint density at radius 1 is 1.05 bits per heavy atom. The second-order valence-corrected chi connectivity index (χ2v) is 4.61. The number of halogens is 1. The maximum Gasteiger partial charge on any atom is 0.123 e. The molecule has 2 rings (SSSR count). The molecule has 0 aromatic heterocycles. The Hall–Kier alpha value is -1.71. The topological polar surface area (TPSA) is 32.3 Å². The predicted molar refractivity (Wildman–Crippen MR) is 74.2 cm³/mol. The lowest BCUT2D eigenvalue weighted by molar-refractivity contribution is 0.170. The van der Waals surface area contributed by atoms with Crippen molar-refractivity contribution in [1.82, 2.24) is 5.32 Å². The highest BCUT2D eigenvalue weighted by Gasteiger charge is 2.10. The van der Waals surface area contributed by atoms with Crippen molar-refractivity contribution >= 4 is 0 Å². The molecule has 2 aromatic carbocycles. The second-order valence-electron chi connectivity index (χ2n) is 4.61. The van der Waals surface area contributed by atoms with Crippen molar-refractivity contribution in [1.29, 1.82) is 0 Å². The lowest BCUT2D eigenvalue weighted by Crippen LogP contribution is -2.24. The molecule has 0 bridgehead atoms. The molecule has 0 aliphatic heterocycles. The van der Waals surface area contributed by atoms with E-state index in [0.29, 0.717) is 12.1 Å². The largest absolute Gasteiger partial charge is 0.387 e. The Morgan fingerprint density at radius 3 is 2.42 bits per heavy atom. The molecular formula is C16H18FNO. The molecule has 0 heterocycles. The number of hydrogen-bond acceptors (Lipinski definition) is 2. The molecule has 0 radical (unpaired) electrons. The molecule has 100 valence electrons. The maximum atomic E-state index is 13.1. The van der Waals surface area contributed by atoms with Crippen molar-refractivity contribution in [3.05, 3.63) is 71.5 Å². The molecule has 0 aliphatic carbocycles. The van der Waals surface area contributed by atoms with E-state index < -0.39 is 6.10 Å². The van der Waals surface area contributed by atoms with Crippen LogP contribution < -0.4 is 5.32 Å². The molecule has 0 aliphatic rings. The van der Waals surface area contributed by atoms with Crippen LogP contribution >= 0.6 is 0 Å². The Kier molecular flexibility index (Phi) is 4.66. The Bertz CT molecular complexity index is 515. The van der Waals surface area contributed by atoms with Gasteiger partial charge in [-0.25, -0.2) is 4.39 Å². The average Bonchev–Trinajstić information content (AvgIpc) is 2.45. The summed E-state index contributed by atoms with van der Waals surface area (Å²) in [5, 5.41) is 13.3. The third-order valence-corrected chi connectivity index (χ3v) is 3.15. The number of aliphatic hydroxyl groups is 1. The highest BCUT2D eigenvalue weighted by atomic mass is 19.1. The summed E-state index contributed by atoms with van der Waals surface area (Å²) >= 11 is 0. The summed E-state index contributed by atoms with van der Waals surface area (Å²) in [4.78, 5) is 0. The van der Waals surface area contributed by atoms with E-state index in [2.05, 4.69) is 5.32 Å². The summed E-state index contributed by atoms with van der Waals surface area (Å²) in [7, 11) is 0. The van der Waals surface area contributed by atoms with Crippen molar-refractivity contribution in [3.8, 4) is 0 Å². The lowest BCUT2D eigenvalue weighted by Gasteiger charge is -2.17. The SMILES string of the molecule is C[C@H](NC[C@H](O)c1cccc(F)c1)c1ccccc1. The van der Waals surface area contributed by atoms with Crippen molar-refractivity contribution in [2.45, 2.75) is 19.1 Å². The molecule has 2 atom stereocenters. The van der Waals surface area contributed by atoms with E-state index in [0.717, 1.165) is 5.56 Å². The standard InChI is InChI=1S/C16H18FNO/c1-12(13-6-3-2-4-7-13)18-11-16(19)14-8-5-9-15(17)10-14/h2-10,12,16,18-19H,11H2,1H3/t12-,16-/m0/s1. The normalized spacial score (nSPS) is 14.1. The van der Waals surface area contributed by atoms with Gasteiger partial charge in [-0.05, 0) is 30.2 Å². The van der Waals surface area contributed by atoms with E-state index in [1.54, 1.807) is 12.1 Å². The Morgan fingerprint density at radius 2 is 1.74 bits per heavy atom. The minimum atomic E-state index is -0.707. The summed E-state index contributed by atoms with van der Waals surface area (Å²) in [6, 6.07) is 16.2. The maximum absolute atomic E-state index is 13.1. The zero-order valence-corrected chi connectivity index (χ0v) is 10.9. The van der Waals surface area contributed by atoms with Crippen LogP contribution in [0.25, 0.3) is 0 Å². The summed E-state index contributed by atoms with van der Waals surface area (Å²) in [6.45, 7) is 2.42. The zero-order valence-electron chi connectivity index (χ0n) is 10.9. The monoisotopic (exact) mass is 259 g/mol. The number of rotatable bonds is 5. The molecule has 3 heteroatoms. The van der Waals surface area contributed by atoms with Crippen LogP contribution in [0.5, 0.6) is 0 Å². The lowest BCUT2D eigenvalue weighted by atomic mass is 10.1. The van der Waals surface area contributed by atoms with Gasteiger partial charge in [0.1, 0.15) is 5.82 Å². The van der Waals surface area contributed by atoms with Gasteiger partial charge >= 0.3 is 0 Å². The Labute approximate surface area is 112 Å². The smallest absolute Gasteiger partial charge is 0.123 e. The third kappa shape index (κ3) is 3.88. The summed E-state index contributed by atoms with van der Waals surface area (Å²) in [6.07, 6.45) is -0.707. The highest BCUT2D eigenvalue weighted by molar-refractivity contribution is 5.20. The first-order valence-electron chi connectivity index (χ1n) is 6.38. The Balaban J connectivity index is 1.92. The molecule has 0 unspecified atom stereocenters. The van der Waals surface area contributed by atoms with E-state index in [1.807, 2.05) is 37.3 Å². The van der Waals surface area contributed by atoms with Crippen LogP contribution in [-0.4, -0.2) is 11.7 Å². The predicted octanol–water partition coefficient (Wildman–Crippen LogP) is 3.21. The van der Waals surface area contributed by atoms with E-state index in [1.165, 1.54) is 12.1 Å². The highest BCUT2D eigenvalue weighted by Crippen LogP contribution is 2.16. The van der Waals surface area contributed by atoms with Crippen molar-refractivity contribution in [2.75, 3.05) is 6.54 Å². The molecule has 0 amide bonds. The van der Waals surface area contributed by atoms with E-state index in [9.17, 15) is 9.50 Å². The molecular weight excluding hydrogens is 241 g/mol. The van der Waals surface area contributed by atoms with Gasteiger partial charge in [-0.1, -0.05) is 42.5 Å². The molecule has 0 fully saturated rings. The first-order chi connectivity index (χ1) is 9.16. The first kappa shape index (κ1) is 13.7. The van der Waals surface area contributed by atoms with Gasteiger partial charge in [0.05, 0.1) is 6.10 Å². The molecule has 2 aromatic rings. The second kappa shape index (κ2) is 6.45. The van der Waals surface area contributed by atoms with Gasteiger partial charge < -0.3 is 10.4 Å². The van der Waals surface area contributed by atoms with Crippen molar-refractivity contribution in [3.63, 3.8) is 0 Å². The van der Waals surface area contributed by atoms with Crippen LogP contribution in [0.3, 0.4) is 0 Å². The fraction of sp³-hybridized carbons (Fsp3) is 0.250. The van der Waals surface area contributed by atoms with Gasteiger partial charge in [-0.2, -0.15) is 0 Å². The molecule has 0 spiro atoms. The molecule has 0 saturated carbocycles. The third-order valence-electron chi connectivity index (χ3n) is 3.15. The van der Waals surface area contributed by atoms with Crippen molar-refractivity contribution in [2.24, 2.45) is 0 Å². The minimum absolute atomic E-state index is 0.143. The summed E-state index contributed by atoms with van der Waals surface area (Å²) in [5.74, 6) is -0.326. The van der Waals surface area contributed by atoms with Crippen LogP contribution in [0, 0.1) is 5.82 Å². The summed E-state index contributed by atoms with van der Waals surface area (Å²) < 4.78 is 13.1. The van der Waals surface area contributed by atoms with Gasteiger partial charge in [-0.3, -0.25) is 0 Å². The van der Waals surface area contributed by atoms with E-state index >= 15 is 0 Å². The van der Waals surface area contributed by atoms with Gasteiger partial charge in [0.15, 0.2) is 0 Å². The van der Waals surface area contributed by atoms with Crippen LogP contribution in [-0.2, 0) is 0 Å². The van der Waals surface area contributed by atoms with Crippen LogP contribution in [0.4, 0.5) is 4.39 Å². The molecule has 2 N–H and O–H groups in total. The van der Waals surface area contributed by atoms with Gasteiger partial charge in [0.2, 0.25) is 0 Å². The number of nitrogens with one attached hydrogen (secondary N) is 1. The van der Waals surface area contributed by atoms with Gasteiger partial charge in [0.25, 0.3) is 0 Å². The fourth-order valence-electron chi connectivity index (χ4n) is 1.98. The summed E-state index contributed by atoms with van der Waals surface area (Å²) in [5.41, 5.74) is 1.75. The van der Waals surface area contributed by atoms with Crippen LogP contribution in [0.15, 0.2) is 54.6 Å². The molecule has 2 nitrogen and oxygen atoms in total. The van der Waals surface area contributed by atoms with Crippen molar-refractivity contribution < 1.29 is 9.50 Å². The zero-order chi connectivity index (χ0) is 13.7.